The molecule has 76 valence electrons. The first-order valence-electron chi connectivity index (χ1n) is 5.38. The fourth-order valence-corrected chi connectivity index (χ4v) is 2.51. The lowest BCUT2D eigenvalue weighted by Crippen LogP contribution is -2.31. The first-order valence-corrected chi connectivity index (χ1v) is 5.38. The van der Waals surface area contributed by atoms with Gasteiger partial charge in [-0.05, 0) is 24.1 Å². The third-order valence-electron chi connectivity index (χ3n) is 3.60. The van der Waals surface area contributed by atoms with E-state index in [-0.39, 0.29) is 5.41 Å². The zero-order valence-electron chi connectivity index (χ0n) is 8.96. The molecule has 0 bridgehead atoms. The van der Waals surface area contributed by atoms with Crippen molar-refractivity contribution in [2.24, 2.45) is 5.92 Å². The van der Waals surface area contributed by atoms with Crippen molar-refractivity contribution in [3.63, 3.8) is 0 Å². The van der Waals surface area contributed by atoms with Crippen LogP contribution < -0.4 is 5.32 Å². The molecule has 2 heterocycles. The highest BCUT2D eigenvalue weighted by molar-refractivity contribution is 5.24. The Balaban J connectivity index is 2.31. The van der Waals surface area contributed by atoms with E-state index in [2.05, 4.69) is 30.2 Å². The summed E-state index contributed by atoms with van der Waals surface area (Å²) in [5.74, 6) is 0.742. The van der Waals surface area contributed by atoms with Gasteiger partial charge in [-0.3, -0.25) is 4.98 Å². The van der Waals surface area contributed by atoms with Gasteiger partial charge in [0.1, 0.15) is 0 Å². The average molecular weight is 190 g/mol. The summed E-state index contributed by atoms with van der Waals surface area (Å²) in [4.78, 5) is 4.22. The highest BCUT2D eigenvalue weighted by atomic mass is 14.9. The van der Waals surface area contributed by atoms with E-state index in [1.54, 1.807) is 0 Å². The molecule has 0 spiro atoms. The smallest absolute Gasteiger partial charge is 0.0306 e. The van der Waals surface area contributed by atoms with Gasteiger partial charge in [0.25, 0.3) is 0 Å². The van der Waals surface area contributed by atoms with Crippen molar-refractivity contribution >= 4 is 0 Å². The molecular formula is C12H18N2. The number of aromatic nitrogens is 1. The molecule has 0 aromatic carbocycles. The lowest BCUT2D eigenvalue weighted by Gasteiger charge is -2.30. The van der Waals surface area contributed by atoms with E-state index in [9.17, 15) is 0 Å². The van der Waals surface area contributed by atoms with Gasteiger partial charge < -0.3 is 5.32 Å². The Morgan fingerprint density at radius 1 is 1.64 bits per heavy atom. The SMILES string of the molecule is CCC1CNCC1(C)c1cccnc1. The van der Waals surface area contributed by atoms with Gasteiger partial charge in [-0.15, -0.1) is 0 Å². The van der Waals surface area contributed by atoms with E-state index in [0.29, 0.717) is 0 Å². The molecule has 1 aliphatic rings. The van der Waals surface area contributed by atoms with Crippen LogP contribution in [0.1, 0.15) is 25.8 Å². The minimum Gasteiger partial charge on any atom is -0.316 e. The van der Waals surface area contributed by atoms with Crippen LogP contribution in [-0.4, -0.2) is 18.1 Å². The topological polar surface area (TPSA) is 24.9 Å². The Labute approximate surface area is 85.7 Å². The van der Waals surface area contributed by atoms with Crippen molar-refractivity contribution in [1.82, 2.24) is 10.3 Å². The maximum absolute atomic E-state index is 4.22. The van der Waals surface area contributed by atoms with Crippen LogP contribution in [-0.2, 0) is 5.41 Å². The summed E-state index contributed by atoms with van der Waals surface area (Å²) in [5, 5.41) is 3.48. The number of rotatable bonds is 2. The summed E-state index contributed by atoms with van der Waals surface area (Å²) in [6.07, 6.45) is 5.09. The van der Waals surface area contributed by atoms with Gasteiger partial charge in [-0.2, -0.15) is 0 Å². The summed E-state index contributed by atoms with van der Waals surface area (Å²) in [7, 11) is 0. The molecule has 2 unspecified atom stereocenters. The monoisotopic (exact) mass is 190 g/mol. The van der Waals surface area contributed by atoms with Crippen molar-refractivity contribution in [2.45, 2.75) is 25.7 Å². The van der Waals surface area contributed by atoms with Crippen LogP contribution in [0.2, 0.25) is 0 Å². The van der Waals surface area contributed by atoms with Crippen LogP contribution in [0.15, 0.2) is 24.5 Å². The van der Waals surface area contributed by atoms with Crippen molar-refractivity contribution in [3.05, 3.63) is 30.1 Å². The molecule has 1 fully saturated rings. The molecular weight excluding hydrogens is 172 g/mol. The molecule has 14 heavy (non-hydrogen) atoms. The first-order chi connectivity index (χ1) is 6.77. The minimum atomic E-state index is 0.281. The molecule has 1 saturated heterocycles. The second-order valence-electron chi connectivity index (χ2n) is 4.40. The summed E-state index contributed by atoms with van der Waals surface area (Å²) < 4.78 is 0. The number of nitrogens with zero attached hydrogens (tertiary/aromatic N) is 1. The first kappa shape index (κ1) is 9.66. The number of pyridine rings is 1. The average Bonchev–Trinajstić information content (AvgIpc) is 2.62. The second kappa shape index (κ2) is 3.70. The standard InChI is InChI=1S/C12H18N2/c1-3-10-7-14-9-12(10,2)11-5-4-6-13-8-11/h4-6,8,10,14H,3,7,9H2,1-2H3. The predicted octanol–water partition coefficient (Wildman–Crippen LogP) is 1.97. The van der Waals surface area contributed by atoms with Crippen LogP contribution in [0.25, 0.3) is 0 Å². The molecule has 0 aliphatic carbocycles. The maximum atomic E-state index is 4.22. The Hall–Kier alpha value is -0.890. The molecule has 0 radical (unpaired) electrons. The van der Waals surface area contributed by atoms with Crippen LogP contribution in [0.3, 0.4) is 0 Å². The zero-order valence-corrected chi connectivity index (χ0v) is 8.96. The van der Waals surface area contributed by atoms with Gasteiger partial charge in [0.2, 0.25) is 0 Å². The molecule has 2 atom stereocenters. The number of nitrogens with one attached hydrogen (secondary N) is 1. The molecule has 2 rings (SSSR count). The van der Waals surface area contributed by atoms with E-state index < -0.39 is 0 Å². The van der Waals surface area contributed by atoms with Gasteiger partial charge in [-0.25, -0.2) is 0 Å². The van der Waals surface area contributed by atoms with E-state index in [1.807, 2.05) is 18.5 Å². The summed E-state index contributed by atoms with van der Waals surface area (Å²) in [6.45, 7) is 6.84. The van der Waals surface area contributed by atoms with Crippen LogP contribution in [0.5, 0.6) is 0 Å². The van der Waals surface area contributed by atoms with Crippen LogP contribution in [0, 0.1) is 5.92 Å². The fourth-order valence-electron chi connectivity index (χ4n) is 2.51. The van der Waals surface area contributed by atoms with Crippen molar-refractivity contribution < 1.29 is 0 Å². The van der Waals surface area contributed by atoms with Crippen molar-refractivity contribution in [3.8, 4) is 0 Å². The Bertz CT molecular complexity index is 296. The van der Waals surface area contributed by atoms with Gasteiger partial charge >= 0.3 is 0 Å². The van der Waals surface area contributed by atoms with Gasteiger partial charge in [0.05, 0.1) is 0 Å². The van der Waals surface area contributed by atoms with E-state index in [0.717, 1.165) is 19.0 Å². The maximum Gasteiger partial charge on any atom is 0.0306 e. The normalized spacial score (nSPS) is 32.0. The lowest BCUT2D eigenvalue weighted by atomic mass is 9.74. The molecule has 1 aromatic rings. The van der Waals surface area contributed by atoms with E-state index in [1.165, 1.54) is 12.0 Å². The third-order valence-corrected chi connectivity index (χ3v) is 3.60. The highest BCUT2D eigenvalue weighted by Crippen LogP contribution is 2.36. The second-order valence-corrected chi connectivity index (χ2v) is 4.40. The largest absolute Gasteiger partial charge is 0.316 e. The predicted molar refractivity (Wildman–Crippen MR) is 58.2 cm³/mol. The molecule has 1 N–H and O–H groups in total. The summed E-state index contributed by atoms with van der Waals surface area (Å²) >= 11 is 0. The van der Waals surface area contributed by atoms with Crippen molar-refractivity contribution in [1.29, 1.82) is 0 Å². The minimum absolute atomic E-state index is 0.281. The molecule has 0 amide bonds. The Morgan fingerprint density at radius 2 is 2.50 bits per heavy atom. The van der Waals surface area contributed by atoms with Gasteiger partial charge in [0, 0.05) is 24.4 Å². The Kier molecular flexibility index (Phi) is 2.55. The number of hydrogen-bond donors (Lipinski definition) is 1. The highest BCUT2D eigenvalue weighted by Gasteiger charge is 2.38. The molecule has 2 heteroatoms. The number of hydrogen-bond acceptors (Lipinski definition) is 2. The molecule has 1 aliphatic heterocycles. The Morgan fingerprint density at radius 3 is 3.14 bits per heavy atom. The molecule has 0 saturated carbocycles. The third kappa shape index (κ3) is 1.44. The van der Waals surface area contributed by atoms with Gasteiger partial charge in [-0.1, -0.05) is 26.3 Å². The lowest BCUT2D eigenvalue weighted by molar-refractivity contribution is 0.364. The molecule has 1 aromatic heterocycles. The summed E-state index contributed by atoms with van der Waals surface area (Å²) in [6, 6.07) is 4.23. The molecule has 2 nitrogen and oxygen atoms in total. The van der Waals surface area contributed by atoms with Crippen molar-refractivity contribution in [2.75, 3.05) is 13.1 Å². The summed E-state index contributed by atoms with van der Waals surface area (Å²) in [5.41, 5.74) is 1.65. The van der Waals surface area contributed by atoms with Crippen LogP contribution >= 0.6 is 0 Å². The quantitative estimate of drug-likeness (QED) is 0.771. The van der Waals surface area contributed by atoms with Crippen LogP contribution in [0.4, 0.5) is 0 Å². The fraction of sp³-hybridized carbons (Fsp3) is 0.583. The van der Waals surface area contributed by atoms with Gasteiger partial charge in [0.15, 0.2) is 0 Å². The van der Waals surface area contributed by atoms with E-state index >= 15 is 0 Å². The zero-order chi connectivity index (χ0) is 10.0. The van der Waals surface area contributed by atoms with E-state index in [4.69, 9.17) is 0 Å².